The predicted molar refractivity (Wildman–Crippen MR) is 78.4 cm³/mol. The smallest absolute Gasteiger partial charge is 0.161 e. The first-order valence-corrected chi connectivity index (χ1v) is 7.06. The van der Waals surface area contributed by atoms with Crippen molar-refractivity contribution in [2.24, 2.45) is 4.99 Å². The maximum Gasteiger partial charge on any atom is 0.161 e. The molecule has 94 valence electrons. The molecule has 1 N–H and O–H groups in total. The lowest BCUT2D eigenvalue weighted by Gasteiger charge is -2.26. The highest BCUT2D eigenvalue weighted by Gasteiger charge is 2.22. The normalized spacial score (nSPS) is 17.8. The molecule has 1 aliphatic rings. The van der Waals surface area contributed by atoms with E-state index < -0.39 is 0 Å². The Balaban J connectivity index is 2.20. The number of nitrogens with zero attached hydrogens (tertiary/aromatic N) is 2. The second-order valence-electron chi connectivity index (χ2n) is 4.76. The van der Waals surface area contributed by atoms with Crippen molar-refractivity contribution in [2.45, 2.75) is 25.8 Å². The summed E-state index contributed by atoms with van der Waals surface area (Å²) in [5.74, 6) is 1.05. The summed E-state index contributed by atoms with van der Waals surface area (Å²) in [4.78, 5) is 4.64. The van der Waals surface area contributed by atoms with Gasteiger partial charge in [0.2, 0.25) is 0 Å². The highest BCUT2D eigenvalue weighted by molar-refractivity contribution is 8.14. The quantitative estimate of drug-likeness (QED) is 0.848. The number of hydrogen-bond donors (Lipinski definition) is 1. The highest BCUT2D eigenvalue weighted by atomic mass is 35.5. The lowest BCUT2D eigenvalue weighted by molar-refractivity contribution is 0.507. The average Bonchev–Trinajstić information content (AvgIpc) is 2.30. The highest BCUT2D eigenvalue weighted by Crippen LogP contribution is 2.29. The van der Waals surface area contributed by atoms with Gasteiger partial charge in [0.1, 0.15) is 0 Å². The fourth-order valence-corrected chi connectivity index (χ4v) is 3.14. The molecule has 0 fully saturated rings. The number of nitriles is 1. The van der Waals surface area contributed by atoms with Crippen LogP contribution in [-0.2, 0) is 0 Å². The number of anilines is 1. The van der Waals surface area contributed by atoms with Crippen molar-refractivity contribution in [1.29, 1.82) is 5.26 Å². The summed E-state index contributed by atoms with van der Waals surface area (Å²) in [6.45, 7) is 4.24. The molecule has 3 nitrogen and oxygen atoms in total. The molecular formula is C13H14ClN3S. The summed E-state index contributed by atoms with van der Waals surface area (Å²) < 4.78 is 0. The largest absolute Gasteiger partial charge is 0.334 e. The van der Waals surface area contributed by atoms with E-state index in [4.69, 9.17) is 16.9 Å². The summed E-state index contributed by atoms with van der Waals surface area (Å²) in [5, 5.41) is 13.4. The maximum atomic E-state index is 8.79. The minimum Gasteiger partial charge on any atom is -0.334 e. The number of halogens is 1. The van der Waals surface area contributed by atoms with Gasteiger partial charge in [-0.15, -0.1) is 0 Å². The molecule has 0 atom stereocenters. The second kappa shape index (κ2) is 5.21. The molecule has 0 aliphatic carbocycles. The van der Waals surface area contributed by atoms with Gasteiger partial charge in [-0.2, -0.15) is 5.26 Å². The Morgan fingerprint density at radius 2 is 2.28 bits per heavy atom. The van der Waals surface area contributed by atoms with Crippen LogP contribution in [-0.4, -0.2) is 16.5 Å². The van der Waals surface area contributed by atoms with Crippen molar-refractivity contribution < 1.29 is 0 Å². The fourth-order valence-electron chi connectivity index (χ4n) is 1.63. The summed E-state index contributed by atoms with van der Waals surface area (Å²) in [6, 6.07) is 7.27. The first-order valence-electron chi connectivity index (χ1n) is 5.69. The van der Waals surface area contributed by atoms with Crippen molar-refractivity contribution in [3.8, 4) is 6.07 Å². The zero-order valence-corrected chi connectivity index (χ0v) is 11.9. The Morgan fingerprint density at radius 1 is 1.50 bits per heavy atom. The lowest BCUT2D eigenvalue weighted by atomic mass is 10.0. The van der Waals surface area contributed by atoms with E-state index in [1.165, 1.54) is 0 Å². The van der Waals surface area contributed by atoms with E-state index in [-0.39, 0.29) is 5.54 Å². The molecule has 0 radical (unpaired) electrons. The van der Waals surface area contributed by atoms with Crippen molar-refractivity contribution in [1.82, 2.24) is 0 Å². The third kappa shape index (κ3) is 3.18. The van der Waals surface area contributed by atoms with Crippen LogP contribution in [0.1, 0.15) is 25.8 Å². The zero-order chi connectivity index (χ0) is 13.2. The van der Waals surface area contributed by atoms with Gasteiger partial charge in [-0.3, -0.25) is 4.99 Å². The van der Waals surface area contributed by atoms with Gasteiger partial charge in [-0.25, -0.2) is 0 Å². The summed E-state index contributed by atoms with van der Waals surface area (Å²) >= 11 is 7.81. The van der Waals surface area contributed by atoms with Gasteiger partial charge in [-0.1, -0.05) is 23.4 Å². The van der Waals surface area contributed by atoms with E-state index in [9.17, 15) is 0 Å². The van der Waals surface area contributed by atoms with Crippen molar-refractivity contribution in [2.75, 3.05) is 11.1 Å². The number of amidine groups is 1. The van der Waals surface area contributed by atoms with E-state index in [0.29, 0.717) is 10.6 Å². The van der Waals surface area contributed by atoms with Gasteiger partial charge in [0.25, 0.3) is 0 Å². The van der Waals surface area contributed by atoms with E-state index in [2.05, 4.69) is 30.2 Å². The van der Waals surface area contributed by atoms with Crippen LogP contribution < -0.4 is 5.32 Å². The SMILES string of the molecule is CC1(C)CCSC(Nc2ccc(C#N)cc2Cl)=N1. The minimum absolute atomic E-state index is 0.0212. The molecule has 1 aliphatic heterocycles. The van der Waals surface area contributed by atoms with Crippen LogP contribution in [0.15, 0.2) is 23.2 Å². The summed E-state index contributed by atoms with van der Waals surface area (Å²) in [7, 11) is 0. The summed E-state index contributed by atoms with van der Waals surface area (Å²) in [6.07, 6.45) is 1.07. The molecule has 0 aromatic heterocycles. The predicted octanol–water partition coefficient (Wildman–Crippen LogP) is 3.90. The average molecular weight is 280 g/mol. The Kier molecular flexibility index (Phi) is 3.84. The van der Waals surface area contributed by atoms with E-state index in [1.54, 1.807) is 23.9 Å². The number of thioether (sulfide) groups is 1. The topological polar surface area (TPSA) is 48.2 Å². The third-order valence-corrected chi connectivity index (χ3v) is 3.88. The van der Waals surface area contributed by atoms with Crippen LogP contribution in [0.25, 0.3) is 0 Å². The van der Waals surface area contributed by atoms with Gasteiger partial charge in [0, 0.05) is 5.75 Å². The van der Waals surface area contributed by atoms with Crippen LogP contribution in [0.3, 0.4) is 0 Å². The van der Waals surface area contributed by atoms with Crippen LogP contribution in [0, 0.1) is 11.3 Å². The molecule has 2 rings (SSSR count). The number of nitrogens with one attached hydrogen (secondary N) is 1. The molecular weight excluding hydrogens is 266 g/mol. The van der Waals surface area contributed by atoms with Crippen molar-refractivity contribution >= 4 is 34.2 Å². The number of rotatable bonds is 1. The number of benzene rings is 1. The van der Waals surface area contributed by atoms with E-state index in [1.807, 2.05) is 6.07 Å². The molecule has 0 amide bonds. The Labute approximate surface area is 116 Å². The molecule has 1 heterocycles. The molecule has 0 spiro atoms. The van der Waals surface area contributed by atoms with Gasteiger partial charge in [0.15, 0.2) is 5.17 Å². The molecule has 18 heavy (non-hydrogen) atoms. The van der Waals surface area contributed by atoms with E-state index >= 15 is 0 Å². The van der Waals surface area contributed by atoms with Crippen LogP contribution in [0.5, 0.6) is 0 Å². The molecule has 1 aromatic carbocycles. The molecule has 0 bridgehead atoms. The first-order chi connectivity index (χ1) is 8.50. The van der Waals surface area contributed by atoms with Crippen LogP contribution in [0.4, 0.5) is 5.69 Å². The minimum atomic E-state index is -0.0212. The van der Waals surface area contributed by atoms with Crippen LogP contribution in [0.2, 0.25) is 5.02 Å². The molecule has 5 heteroatoms. The first kappa shape index (κ1) is 13.3. The Morgan fingerprint density at radius 3 is 2.89 bits per heavy atom. The van der Waals surface area contributed by atoms with Gasteiger partial charge in [-0.05, 0) is 38.5 Å². The van der Waals surface area contributed by atoms with Crippen molar-refractivity contribution in [3.05, 3.63) is 28.8 Å². The molecule has 0 saturated carbocycles. The Hall–Kier alpha value is -1.18. The molecule has 0 saturated heterocycles. The zero-order valence-electron chi connectivity index (χ0n) is 10.3. The molecule has 1 aromatic rings. The van der Waals surface area contributed by atoms with Crippen molar-refractivity contribution in [3.63, 3.8) is 0 Å². The Bertz CT molecular complexity index is 532. The van der Waals surface area contributed by atoms with Gasteiger partial charge >= 0.3 is 0 Å². The lowest BCUT2D eigenvalue weighted by Crippen LogP contribution is -2.27. The van der Waals surface area contributed by atoms with Gasteiger partial charge < -0.3 is 5.32 Å². The number of aliphatic imine (C=N–C) groups is 1. The fraction of sp³-hybridized carbons (Fsp3) is 0.385. The molecule has 0 unspecified atom stereocenters. The third-order valence-electron chi connectivity index (χ3n) is 2.70. The summed E-state index contributed by atoms with van der Waals surface area (Å²) in [5.41, 5.74) is 1.33. The van der Waals surface area contributed by atoms with Gasteiger partial charge in [0.05, 0.1) is 27.9 Å². The number of hydrogen-bond acceptors (Lipinski definition) is 4. The van der Waals surface area contributed by atoms with Crippen LogP contribution >= 0.6 is 23.4 Å². The maximum absolute atomic E-state index is 8.79. The standard InChI is InChI=1S/C13H14ClN3S/c1-13(2)5-6-18-12(17-13)16-11-4-3-9(8-15)7-10(11)14/h3-4,7H,5-6H2,1-2H3,(H,16,17). The second-order valence-corrected chi connectivity index (χ2v) is 6.25. The monoisotopic (exact) mass is 279 g/mol. The van der Waals surface area contributed by atoms with E-state index in [0.717, 1.165) is 23.0 Å².